The molecule has 2 aromatic rings. The van der Waals surface area contributed by atoms with E-state index in [0.717, 1.165) is 11.3 Å². The van der Waals surface area contributed by atoms with Crippen LogP contribution in [0.3, 0.4) is 0 Å². The van der Waals surface area contributed by atoms with Crippen molar-refractivity contribution in [1.82, 2.24) is 10.2 Å². The van der Waals surface area contributed by atoms with E-state index in [1.807, 2.05) is 32.1 Å². The molecule has 2 aromatic carbocycles. The molecule has 0 saturated heterocycles. The largest absolute Gasteiger partial charge is 0.364 e. The zero-order valence-corrected chi connectivity index (χ0v) is 16.2. The summed E-state index contributed by atoms with van der Waals surface area (Å²) in [4.78, 5) is 28.3. The second kappa shape index (κ2) is 7.80. The van der Waals surface area contributed by atoms with Crippen molar-refractivity contribution in [1.29, 1.82) is 0 Å². The van der Waals surface area contributed by atoms with Crippen LogP contribution in [0.4, 0.5) is 11.4 Å². The lowest BCUT2D eigenvalue weighted by Crippen LogP contribution is -2.36. The zero-order chi connectivity index (χ0) is 19.6. The third kappa shape index (κ3) is 4.28. The summed E-state index contributed by atoms with van der Waals surface area (Å²) in [7, 11) is 5.86. The molecule has 27 heavy (non-hydrogen) atoms. The fourth-order valence-corrected chi connectivity index (χ4v) is 3.28. The second-order valence-electron chi connectivity index (χ2n) is 7.24. The molecule has 6 nitrogen and oxygen atoms in total. The number of benzene rings is 2. The summed E-state index contributed by atoms with van der Waals surface area (Å²) in [5.41, 5.74) is 4.48. The van der Waals surface area contributed by atoms with Crippen LogP contribution in [0.15, 0.2) is 42.5 Å². The van der Waals surface area contributed by atoms with Crippen molar-refractivity contribution in [3.63, 3.8) is 0 Å². The quantitative estimate of drug-likeness (QED) is 0.853. The van der Waals surface area contributed by atoms with E-state index in [1.165, 1.54) is 5.56 Å². The Morgan fingerprint density at radius 3 is 2.59 bits per heavy atom. The Hall–Kier alpha value is -2.86. The van der Waals surface area contributed by atoms with Gasteiger partial charge in [-0.05, 0) is 44.8 Å². The number of aryl methyl sites for hydroxylation is 1. The van der Waals surface area contributed by atoms with E-state index in [1.54, 1.807) is 12.1 Å². The number of fused-ring (bicyclic) bond motifs is 1. The molecule has 0 aromatic heterocycles. The van der Waals surface area contributed by atoms with E-state index < -0.39 is 0 Å². The molecule has 2 amide bonds. The Balaban J connectivity index is 1.72. The van der Waals surface area contributed by atoms with Gasteiger partial charge in [0.05, 0.1) is 24.0 Å². The van der Waals surface area contributed by atoms with Gasteiger partial charge in [-0.25, -0.2) is 0 Å². The molecule has 1 atom stereocenters. The molecule has 1 heterocycles. The van der Waals surface area contributed by atoms with Gasteiger partial charge in [0.1, 0.15) is 0 Å². The smallest absolute Gasteiger partial charge is 0.251 e. The van der Waals surface area contributed by atoms with Crippen molar-refractivity contribution in [2.24, 2.45) is 0 Å². The maximum Gasteiger partial charge on any atom is 0.251 e. The van der Waals surface area contributed by atoms with Crippen LogP contribution in [0.2, 0.25) is 0 Å². The van der Waals surface area contributed by atoms with E-state index in [4.69, 9.17) is 0 Å². The minimum atomic E-state index is -0.153. The molecule has 0 spiro atoms. The third-order valence-electron chi connectivity index (χ3n) is 4.87. The Morgan fingerprint density at radius 1 is 1.22 bits per heavy atom. The van der Waals surface area contributed by atoms with Crippen LogP contribution in [0.5, 0.6) is 0 Å². The van der Waals surface area contributed by atoms with Crippen LogP contribution in [0.25, 0.3) is 0 Å². The molecule has 0 radical (unpaired) electrons. The highest BCUT2D eigenvalue weighted by Crippen LogP contribution is 2.29. The van der Waals surface area contributed by atoms with Crippen LogP contribution in [0, 0.1) is 6.92 Å². The first-order chi connectivity index (χ1) is 12.8. The topological polar surface area (TPSA) is 64.7 Å². The minimum Gasteiger partial charge on any atom is -0.364 e. The molecule has 6 heteroatoms. The van der Waals surface area contributed by atoms with Crippen LogP contribution < -0.4 is 15.5 Å². The van der Waals surface area contributed by atoms with Gasteiger partial charge in [0, 0.05) is 19.2 Å². The molecule has 0 saturated carbocycles. The van der Waals surface area contributed by atoms with Gasteiger partial charge in [0.25, 0.3) is 5.91 Å². The van der Waals surface area contributed by atoms with Crippen LogP contribution in [-0.4, -0.2) is 50.9 Å². The predicted molar refractivity (Wildman–Crippen MR) is 108 cm³/mol. The fraction of sp³-hybridized carbons (Fsp3) is 0.333. The summed E-state index contributed by atoms with van der Waals surface area (Å²) in [6.45, 7) is 2.88. The number of anilines is 2. The molecule has 0 aliphatic carbocycles. The standard InChI is InChI=1S/C21H26N4O2/c1-14-5-7-15(8-6-14)19(24(2)3)12-22-21(27)16-9-10-18-17(11-16)23-20(26)13-25(18)4/h5-11,19H,12-13H2,1-4H3,(H,22,27)(H,23,26). The maximum absolute atomic E-state index is 12.7. The highest BCUT2D eigenvalue weighted by Gasteiger charge is 2.21. The Labute approximate surface area is 160 Å². The van der Waals surface area contributed by atoms with Crippen molar-refractivity contribution >= 4 is 23.2 Å². The minimum absolute atomic E-state index is 0.0744. The summed E-state index contributed by atoms with van der Waals surface area (Å²) in [5, 5.41) is 5.85. The maximum atomic E-state index is 12.7. The first kappa shape index (κ1) is 18.9. The highest BCUT2D eigenvalue weighted by atomic mass is 16.2. The number of hydrogen-bond donors (Lipinski definition) is 2. The Morgan fingerprint density at radius 2 is 1.93 bits per heavy atom. The van der Waals surface area contributed by atoms with Crippen molar-refractivity contribution < 1.29 is 9.59 Å². The van der Waals surface area contributed by atoms with Gasteiger partial charge in [0.2, 0.25) is 5.91 Å². The highest BCUT2D eigenvalue weighted by molar-refractivity contribution is 6.03. The van der Waals surface area contributed by atoms with Crippen molar-refractivity contribution in [2.45, 2.75) is 13.0 Å². The molecule has 2 N–H and O–H groups in total. The van der Waals surface area contributed by atoms with Crippen LogP contribution in [0.1, 0.15) is 27.5 Å². The van der Waals surface area contributed by atoms with Gasteiger partial charge in [-0.3, -0.25) is 9.59 Å². The average Bonchev–Trinajstić information content (AvgIpc) is 2.62. The molecule has 1 aliphatic rings. The van der Waals surface area contributed by atoms with Crippen molar-refractivity contribution in [3.8, 4) is 0 Å². The molecule has 1 aliphatic heterocycles. The van der Waals surface area contributed by atoms with Gasteiger partial charge in [0.15, 0.2) is 0 Å². The molecular weight excluding hydrogens is 340 g/mol. The summed E-state index contributed by atoms with van der Waals surface area (Å²) in [6.07, 6.45) is 0. The Kier molecular flexibility index (Phi) is 5.46. The number of hydrogen-bond acceptors (Lipinski definition) is 4. The van der Waals surface area contributed by atoms with E-state index in [-0.39, 0.29) is 17.9 Å². The number of likely N-dealkylation sites (N-methyl/N-ethyl adjacent to an activating group) is 2. The second-order valence-corrected chi connectivity index (χ2v) is 7.24. The molecule has 0 bridgehead atoms. The van der Waals surface area contributed by atoms with E-state index in [0.29, 0.717) is 24.3 Å². The van der Waals surface area contributed by atoms with Gasteiger partial charge in [-0.2, -0.15) is 0 Å². The summed E-state index contributed by atoms with van der Waals surface area (Å²) >= 11 is 0. The Bertz CT molecular complexity index is 846. The van der Waals surface area contributed by atoms with E-state index in [9.17, 15) is 9.59 Å². The molecular formula is C21H26N4O2. The van der Waals surface area contributed by atoms with Crippen molar-refractivity contribution in [2.75, 3.05) is 44.4 Å². The lowest BCUT2D eigenvalue weighted by Gasteiger charge is -2.28. The van der Waals surface area contributed by atoms with Crippen LogP contribution >= 0.6 is 0 Å². The number of carbonyl (C=O) groups excluding carboxylic acids is 2. The number of carbonyl (C=O) groups is 2. The first-order valence-corrected chi connectivity index (χ1v) is 9.01. The van der Waals surface area contributed by atoms with Gasteiger partial charge >= 0.3 is 0 Å². The van der Waals surface area contributed by atoms with E-state index in [2.05, 4.69) is 46.7 Å². The van der Waals surface area contributed by atoms with Gasteiger partial charge < -0.3 is 20.4 Å². The average molecular weight is 366 g/mol. The summed E-state index contributed by atoms with van der Waals surface area (Å²) in [6, 6.07) is 13.8. The predicted octanol–water partition coefficient (Wildman–Crippen LogP) is 2.42. The van der Waals surface area contributed by atoms with Gasteiger partial charge in [-0.1, -0.05) is 29.8 Å². The number of nitrogens with one attached hydrogen (secondary N) is 2. The lowest BCUT2D eigenvalue weighted by molar-refractivity contribution is -0.115. The summed E-state index contributed by atoms with van der Waals surface area (Å²) < 4.78 is 0. The fourth-order valence-electron chi connectivity index (χ4n) is 3.28. The van der Waals surface area contributed by atoms with Crippen molar-refractivity contribution in [3.05, 3.63) is 59.2 Å². The normalized spacial score (nSPS) is 14.6. The monoisotopic (exact) mass is 366 g/mol. The first-order valence-electron chi connectivity index (χ1n) is 9.01. The molecule has 1 unspecified atom stereocenters. The van der Waals surface area contributed by atoms with Gasteiger partial charge in [-0.15, -0.1) is 0 Å². The number of nitrogens with zero attached hydrogens (tertiary/aromatic N) is 2. The molecule has 3 rings (SSSR count). The number of amides is 2. The molecule has 0 fully saturated rings. The van der Waals surface area contributed by atoms with Crippen LogP contribution in [-0.2, 0) is 4.79 Å². The molecule has 142 valence electrons. The zero-order valence-electron chi connectivity index (χ0n) is 16.2. The SMILES string of the molecule is Cc1ccc(C(CNC(=O)c2ccc3c(c2)NC(=O)CN3C)N(C)C)cc1. The lowest BCUT2D eigenvalue weighted by atomic mass is 10.0. The number of rotatable bonds is 5. The third-order valence-corrected chi connectivity index (χ3v) is 4.87. The summed E-state index contributed by atoms with van der Waals surface area (Å²) in [5.74, 6) is -0.228. The van der Waals surface area contributed by atoms with E-state index >= 15 is 0 Å².